The van der Waals surface area contributed by atoms with Gasteiger partial charge in [-0.05, 0) is 47.1 Å². The van der Waals surface area contributed by atoms with Crippen LogP contribution in [0.2, 0.25) is 0 Å². The number of furan rings is 1. The van der Waals surface area contributed by atoms with Crippen molar-refractivity contribution in [3.63, 3.8) is 0 Å². The van der Waals surface area contributed by atoms with Crippen molar-refractivity contribution in [3.8, 4) is 5.75 Å². The first-order chi connectivity index (χ1) is 12.0. The third kappa shape index (κ3) is 5.79. The van der Waals surface area contributed by atoms with Gasteiger partial charge in [-0.15, -0.1) is 0 Å². The lowest BCUT2D eigenvalue weighted by atomic mass is 10.1. The zero-order valence-electron chi connectivity index (χ0n) is 13.8. The highest BCUT2D eigenvalue weighted by Gasteiger charge is 2.14. The van der Waals surface area contributed by atoms with E-state index in [1.807, 2.05) is 31.2 Å². The second-order valence-electron chi connectivity index (χ2n) is 5.11. The Morgan fingerprint density at radius 1 is 1.28 bits per heavy atom. The molecule has 132 valence electrons. The van der Waals surface area contributed by atoms with Crippen LogP contribution < -0.4 is 10.1 Å². The Hall–Kier alpha value is -2.54. The highest BCUT2D eigenvalue weighted by Crippen LogP contribution is 2.24. The van der Waals surface area contributed by atoms with Crippen molar-refractivity contribution in [2.75, 3.05) is 13.7 Å². The first-order valence-corrected chi connectivity index (χ1v) is 8.31. The lowest BCUT2D eigenvalue weighted by Crippen LogP contribution is -2.31. The summed E-state index contributed by atoms with van der Waals surface area (Å²) in [5.74, 6) is 0.145. The Bertz CT molecular complexity index is 768. The summed E-state index contributed by atoms with van der Waals surface area (Å²) in [5, 5.41) is 2.76. The Labute approximate surface area is 153 Å². The second kappa shape index (κ2) is 9.08. The number of hydrogen-bond donors (Lipinski definition) is 1. The summed E-state index contributed by atoms with van der Waals surface area (Å²) in [6, 6.07) is 10.5. The highest BCUT2D eigenvalue weighted by molar-refractivity contribution is 9.10. The zero-order valence-corrected chi connectivity index (χ0v) is 15.4. The van der Waals surface area contributed by atoms with Gasteiger partial charge in [0.2, 0.25) is 0 Å². The smallest absolute Gasteiger partial charge is 0.331 e. The number of amides is 1. The standard InChI is InChI=1S/C18H18BrNO5/c1-12(14-5-3-4-6-15(14)23-2)20-17(21)11-24-18(22)10-8-13-7-9-16(19)25-13/h3-10,12H,11H2,1-2H3,(H,20,21)/b10-8+. The van der Waals surface area contributed by atoms with E-state index in [-0.39, 0.29) is 12.6 Å². The van der Waals surface area contributed by atoms with E-state index in [1.54, 1.807) is 19.2 Å². The van der Waals surface area contributed by atoms with Crippen molar-refractivity contribution < 1.29 is 23.5 Å². The quantitative estimate of drug-likeness (QED) is 0.561. The monoisotopic (exact) mass is 407 g/mol. The van der Waals surface area contributed by atoms with E-state index in [1.165, 1.54) is 12.2 Å². The molecule has 0 spiro atoms. The topological polar surface area (TPSA) is 77.8 Å². The van der Waals surface area contributed by atoms with Crippen LogP contribution in [0.1, 0.15) is 24.3 Å². The fourth-order valence-corrected chi connectivity index (χ4v) is 2.46. The molecule has 1 unspecified atom stereocenters. The predicted molar refractivity (Wildman–Crippen MR) is 96.0 cm³/mol. The van der Waals surface area contributed by atoms with Gasteiger partial charge in [0.05, 0.1) is 13.2 Å². The van der Waals surface area contributed by atoms with E-state index in [0.29, 0.717) is 16.2 Å². The van der Waals surface area contributed by atoms with Gasteiger partial charge >= 0.3 is 5.97 Å². The first kappa shape index (κ1) is 18.8. The molecule has 7 heteroatoms. The molecule has 0 fully saturated rings. The van der Waals surface area contributed by atoms with Crippen LogP contribution in [0.5, 0.6) is 5.75 Å². The SMILES string of the molecule is COc1ccccc1C(C)NC(=O)COC(=O)/C=C/c1ccc(Br)o1. The third-order valence-corrected chi connectivity index (χ3v) is 3.73. The summed E-state index contributed by atoms with van der Waals surface area (Å²) < 4.78 is 15.9. The van der Waals surface area contributed by atoms with Gasteiger partial charge in [0, 0.05) is 11.6 Å². The molecule has 1 amide bonds. The van der Waals surface area contributed by atoms with Gasteiger partial charge in [-0.25, -0.2) is 4.79 Å². The number of halogens is 1. The maximum atomic E-state index is 11.9. The minimum Gasteiger partial charge on any atom is -0.496 e. The fraction of sp³-hybridized carbons (Fsp3) is 0.222. The van der Waals surface area contributed by atoms with Crippen LogP contribution in [0, 0.1) is 0 Å². The summed E-state index contributed by atoms with van der Waals surface area (Å²) in [6.45, 7) is 1.46. The number of ether oxygens (including phenoxy) is 2. The van der Waals surface area contributed by atoms with Gasteiger partial charge in [-0.3, -0.25) is 4.79 Å². The number of carbonyl (C=O) groups excluding carboxylic acids is 2. The van der Waals surface area contributed by atoms with Crippen LogP contribution >= 0.6 is 15.9 Å². The Morgan fingerprint density at radius 3 is 2.72 bits per heavy atom. The molecule has 0 aliphatic carbocycles. The molecule has 0 saturated carbocycles. The molecule has 0 saturated heterocycles. The summed E-state index contributed by atoms with van der Waals surface area (Å²) in [5.41, 5.74) is 0.841. The third-order valence-electron chi connectivity index (χ3n) is 3.31. The van der Waals surface area contributed by atoms with Gasteiger partial charge in [0.25, 0.3) is 5.91 Å². The predicted octanol–water partition coefficient (Wildman–Crippen LogP) is 3.48. The maximum absolute atomic E-state index is 11.9. The molecule has 25 heavy (non-hydrogen) atoms. The number of carbonyl (C=O) groups is 2. The molecule has 0 bridgehead atoms. The van der Waals surface area contributed by atoms with E-state index in [4.69, 9.17) is 13.9 Å². The lowest BCUT2D eigenvalue weighted by Gasteiger charge is -2.17. The summed E-state index contributed by atoms with van der Waals surface area (Å²) in [6.07, 6.45) is 2.66. The summed E-state index contributed by atoms with van der Waals surface area (Å²) in [4.78, 5) is 23.6. The van der Waals surface area contributed by atoms with Crippen LogP contribution in [0.4, 0.5) is 0 Å². The maximum Gasteiger partial charge on any atom is 0.331 e. The molecular formula is C18H18BrNO5. The van der Waals surface area contributed by atoms with Crippen LogP contribution in [-0.4, -0.2) is 25.6 Å². The number of nitrogens with one attached hydrogen (secondary N) is 1. The molecule has 0 radical (unpaired) electrons. The van der Waals surface area contributed by atoms with Crippen molar-refractivity contribution in [1.82, 2.24) is 5.32 Å². The molecule has 1 atom stereocenters. The van der Waals surface area contributed by atoms with Crippen LogP contribution in [0.15, 0.2) is 51.6 Å². The lowest BCUT2D eigenvalue weighted by molar-refractivity contribution is -0.144. The molecule has 1 aromatic carbocycles. The number of hydrogen-bond acceptors (Lipinski definition) is 5. The van der Waals surface area contributed by atoms with E-state index < -0.39 is 11.9 Å². The molecule has 1 heterocycles. The van der Waals surface area contributed by atoms with Gasteiger partial charge in [0.15, 0.2) is 11.3 Å². The highest BCUT2D eigenvalue weighted by atomic mass is 79.9. The van der Waals surface area contributed by atoms with Crippen molar-refractivity contribution in [2.45, 2.75) is 13.0 Å². The largest absolute Gasteiger partial charge is 0.496 e. The van der Waals surface area contributed by atoms with Crippen LogP contribution in [-0.2, 0) is 14.3 Å². The van der Waals surface area contributed by atoms with Crippen molar-refractivity contribution in [3.05, 3.63) is 58.5 Å². The van der Waals surface area contributed by atoms with Crippen molar-refractivity contribution in [1.29, 1.82) is 0 Å². The van der Waals surface area contributed by atoms with Gasteiger partial charge in [-0.2, -0.15) is 0 Å². The number of esters is 1. The summed E-state index contributed by atoms with van der Waals surface area (Å²) >= 11 is 3.16. The summed E-state index contributed by atoms with van der Waals surface area (Å²) in [7, 11) is 1.57. The van der Waals surface area contributed by atoms with E-state index in [9.17, 15) is 9.59 Å². The van der Waals surface area contributed by atoms with Crippen molar-refractivity contribution >= 4 is 33.9 Å². The molecule has 0 aliphatic rings. The number of benzene rings is 1. The molecular weight excluding hydrogens is 390 g/mol. The Kier molecular flexibility index (Phi) is 6.82. The van der Waals surface area contributed by atoms with Gasteiger partial charge in [0.1, 0.15) is 11.5 Å². The minimum atomic E-state index is -0.632. The molecule has 1 aromatic heterocycles. The van der Waals surface area contributed by atoms with E-state index >= 15 is 0 Å². The molecule has 2 aromatic rings. The normalized spacial score (nSPS) is 12.0. The van der Waals surface area contributed by atoms with Crippen LogP contribution in [0.3, 0.4) is 0 Å². The first-order valence-electron chi connectivity index (χ1n) is 7.52. The molecule has 2 rings (SSSR count). The molecule has 1 N–H and O–H groups in total. The molecule has 6 nitrogen and oxygen atoms in total. The second-order valence-corrected chi connectivity index (χ2v) is 5.90. The molecule has 0 aliphatic heterocycles. The Morgan fingerprint density at radius 2 is 2.04 bits per heavy atom. The average molecular weight is 408 g/mol. The number of methoxy groups -OCH3 is 1. The number of para-hydroxylation sites is 1. The van der Waals surface area contributed by atoms with Crippen molar-refractivity contribution in [2.24, 2.45) is 0 Å². The van der Waals surface area contributed by atoms with E-state index in [2.05, 4.69) is 21.2 Å². The Balaban J connectivity index is 1.81. The average Bonchev–Trinajstić information content (AvgIpc) is 3.03. The minimum absolute atomic E-state index is 0.279. The number of rotatable bonds is 7. The van der Waals surface area contributed by atoms with E-state index in [0.717, 1.165) is 5.56 Å². The van der Waals surface area contributed by atoms with Gasteiger partial charge < -0.3 is 19.2 Å². The van der Waals surface area contributed by atoms with Gasteiger partial charge in [-0.1, -0.05) is 18.2 Å². The van der Waals surface area contributed by atoms with Crippen LogP contribution in [0.25, 0.3) is 6.08 Å². The fourth-order valence-electron chi connectivity index (χ4n) is 2.14. The zero-order chi connectivity index (χ0) is 18.2.